The molecule has 7 nitrogen and oxygen atoms in total. The van der Waals surface area contributed by atoms with E-state index in [-0.39, 0.29) is 11.4 Å². The van der Waals surface area contributed by atoms with Crippen LogP contribution < -0.4 is 10.0 Å². The normalized spacial score (nSPS) is 13.5. The molecule has 2 aromatic heterocycles. The van der Waals surface area contributed by atoms with Gasteiger partial charge in [0.05, 0.1) is 6.04 Å². The maximum Gasteiger partial charge on any atom is 0.280 e. The molecule has 13 heteroatoms. The van der Waals surface area contributed by atoms with Crippen LogP contribution in [0, 0.1) is 12.7 Å². The number of carbonyl (C=O) groups excluding carboxylic acids is 1. The van der Waals surface area contributed by atoms with Crippen LogP contribution >= 0.6 is 0 Å². The van der Waals surface area contributed by atoms with Crippen molar-refractivity contribution < 1.29 is 35.2 Å². The van der Waals surface area contributed by atoms with Gasteiger partial charge < -0.3 is 9.88 Å². The molecule has 0 spiro atoms. The monoisotopic (exact) mass is 454 g/mol. The second-order valence-electron chi connectivity index (χ2n) is 6.74. The van der Waals surface area contributed by atoms with E-state index in [0.29, 0.717) is 6.92 Å². The van der Waals surface area contributed by atoms with Gasteiger partial charge in [0.15, 0.2) is 5.82 Å². The molecule has 1 amide bonds. The van der Waals surface area contributed by atoms with Crippen molar-refractivity contribution in [3.05, 3.63) is 41.2 Å². The molecule has 0 aromatic carbocycles. The molecule has 2 N–H and O–H groups in total. The van der Waals surface area contributed by atoms with E-state index >= 15 is 0 Å². The number of halogens is 5. The number of aryl methyl sites for hydroxylation is 2. The minimum absolute atomic E-state index is 0.106. The standard InChI is InChI=1S/C17H19F5N4O3S/c1-8-5-10(6-11(23-8)15(19)20)24-16(27)14-13(18)12(7-26(14)4)30(28,29)25-9(2)17(3,21)22/h5-7,9,15,25H,1-4H3,(H,23,24,27). The molecular formula is C17H19F5N4O3S. The molecule has 1 unspecified atom stereocenters. The van der Waals surface area contributed by atoms with Crippen LogP contribution in [0.15, 0.2) is 23.2 Å². The summed E-state index contributed by atoms with van der Waals surface area (Å²) in [6, 6.07) is 0.307. The fraction of sp³-hybridized carbons (Fsp3) is 0.412. The van der Waals surface area contributed by atoms with Crippen molar-refractivity contribution in [1.82, 2.24) is 14.3 Å². The van der Waals surface area contributed by atoms with Crippen LogP contribution in [0.3, 0.4) is 0 Å². The van der Waals surface area contributed by atoms with E-state index in [1.165, 1.54) is 13.0 Å². The molecule has 30 heavy (non-hydrogen) atoms. The molecule has 0 saturated heterocycles. The number of amides is 1. The zero-order chi connectivity index (χ0) is 23.0. The third-order valence-corrected chi connectivity index (χ3v) is 5.67. The van der Waals surface area contributed by atoms with E-state index < -0.39 is 56.4 Å². The third-order valence-electron chi connectivity index (χ3n) is 4.14. The number of carbonyl (C=O) groups is 1. The topological polar surface area (TPSA) is 93.1 Å². The highest BCUT2D eigenvalue weighted by atomic mass is 32.2. The molecule has 0 aliphatic carbocycles. The van der Waals surface area contributed by atoms with Crippen molar-refractivity contribution in [3.63, 3.8) is 0 Å². The van der Waals surface area contributed by atoms with Gasteiger partial charge in [-0.15, -0.1) is 0 Å². The van der Waals surface area contributed by atoms with Crippen LogP contribution in [-0.4, -0.2) is 35.8 Å². The lowest BCUT2D eigenvalue weighted by Gasteiger charge is -2.20. The van der Waals surface area contributed by atoms with Crippen molar-refractivity contribution in [2.24, 2.45) is 7.05 Å². The van der Waals surface area contributed by atoms with Crippen LogP contribution in [0.2, 0.25) is 0 Å². The molecule has 0 fully saturated rings. The van der Waals surface area contributed by atoms with E-state index in [4.69, 9.17) is 0 Å². The quantitative estimate of drug-likeness (QED) is 0.628. The summed E-state index contributed by atoms with van der Waals surface area (Å²) < 4.78 is 94.2. The first-order valence-electron chi connectivity index (χ1n) is 8.46. The number of pyridine rings is 1. The fourth-order valence-corrected chi connectivity index (χ4v) is 3.91. The lowest BCUT2D eigenvalue weighted by Crippen LogP contribution is -2.43. The van der Waals surface area contributed by atoms with E-state index in [9.17, 15) is 35.2 Å². The highest BCUT2D eigenvalue weighted by molar-refractivity contribution is 7.89. The van der Waals surface area contributed by atoms with Gasteiger partial charge in [-0.05, 0) is 26.0 Å². The first-order valence-corrected chi connectivity index (χ1v) is 9.95. The minimum atomic E-state index is -4.72. The largest absolute Gasteiger partial charge is 0.343 e. The third kappa shape index (κ3) is 5.14. The summed E-state index contributed by atoms with van der Waals surface area (Å²) in [6.07, 6.45) is -2.16. The Balaban J connectivity index is 2.37. The number of nitrogens with zero attached hydrogens (tertiary/aromatic N) is 2. The molecule has 166 valence electrons. The van der Waals surface area contributed by atoms with Crippen molar-refractivity contribution in [1.29, 1.82) is 0 Å². The maximum absolute atomic E-state index is 14.8. The second kappa shape index (κ2) is 8.30. The summed E-state index contributed by atoms with van der Waals surface area (Å²) in [5.41, 5.74) is -1.29. The number of anilines is 1. The Bertz CT molecular complexity index is 1060. The summed E-state index contributed by atoms with van der Waals surface area (Å²) in [6.45, 7) is 2.80. The summed E-state index contributed by atoms with van der Waals surface area (Å²) in [7, 11) is -3.56. The number of alkyl halides is 4. The number of aromatic nitrogens is 2. The highest BCUT2D eigenvalue weighted by Crippen LogP contribution is 2.25. The van der Waals surface area contributed by atoms with Crippen molar-refractivity contribution in [2.45, 2.75) is 44.1 Å². The van der Waals surface area contributed by atoms with Gasteiger partial charge in [0.25, 0.3) is 18.3 Å². The molecule has 2 aromatic rings. The molecular weight excluding hydrogens is 435 g/mol. The number of sulfonamides is 1. The Hall–Kier alpha value is -2.54. The zero-order valence-corrected chi connectivity index (χ0v) is 17.1. The van der Waals surface area contributed by atoms with Crippen LogP contribution in [0.4, 0.5) is 27.6 Å². The Kier molecular flexibility index (Phi) is 6.57. The number of hydrogen-bond donors (Lipinski definition) is 2. The fourth-order valence-electron chi connectivity index (χ4n) is 2.48. The first-order chi connectivity index (χ1) is 13.6. The van der Waals surface area contributed by atoms with Crippen LogP contribution in [0.25, 0.3) is 0 Å². The van der Waals surface area contributed by atoms with Crippen LogP contribution in [-0.2, 0) is 17.1 Å². The smallest absolute Gasteiger partial charge is 0.280 e. The predicted octanol–water partition coefficient (Wildman–Crippen LogP) is 3.38. The van der Waals surface area contributed by atoms with Gasteiger partial charge in [-0.3, -0.25) is 9.78 Å². The molecule has 1 atom stereocenters. The van der Waals surface area contributed by atoms with Crippen molar-refractivity contribution in [3.8, 4) is 0 Å². The Labute approximate surface area is 169 Å². The lowest BCUT2D eigenvalue weighted by atomic mass is 10.2. The molecule has 0 bridgehead atoms. The molecule has 2 rings (SSSR count). The summed E-state index contributed by atoms with van der Waals surface area (Å²) in [4.78, 5) is 15.0. The first kappa shape index (κ1) is 23.7. The zero-order valence-electron chi connectivity index (χ0n) is 16.3. The highest BCUT2D eigenvalue weighted by Gasteiger charge is 2.36. The SMILES string of the molecule is Cc1cc(NC(=O)c2c(F)c(S(=O)(=O)NC(C)C(C)(F)F)cn2C)cc(C(F)F)n1. The van der Waals surface area contributed by atoms with Crippen LogP contribution in [0.1, 0.15) is 42.1 Å². The van der Waals surface area contributed by atoms with E-state index in [1.54, 1.807) is 4.72 Å². The Morgan fingerprint density at radius 2 is 1.87 bits per heavy atom. The van der Waals surface area contributed by atoms with Crippen LogP contribution in [0.5, 0.6) is 0 Å². The Morgan fingerprint density at radius 3 is 2.40 bits per heavy atom. The average Bonchev–Trinajstić information content (AvgIpc) is 2.88. The molecule has 0 saturated carbocycles. The second-order valence-corrected chi connectivity index (χ2v) is 8.43. The lowest BCUT2D eigenvalue weighted by molar-refractivity contribution is -0.00490. The van der Waals surface area contributed by atoms with Gasteiger partial charge >= 0.3 is 0 Å². The van der Waals surface area contributed by atoms with E-state index in [0.717, 1.165) is 30.8 Å². The van der Waals surface area contributed by atoms with Gasteiger partial charge in [-0.25, -0.2) is 35.1 Å². The van der Waals surface area contributed by atoms with Gasteiger partial charge in [-0.1, -0.05) is 0 Å². The number of nitrogens with one attached hydrogen (secondary N) is 2. The molecule has 2 heterocycles. The number of rotatable bonds is 7. The Morgan fingerprint density at radius 1 is 1.27 bits per heavy atom. The number of hydrogen-bond acceptors (Lipinski definition) is 4. The molecule has 0 radical (unpaired) electrons. The van der Waals surface area contributed by atoms with Gasteiger partial charge in [0.2, 0.25) is 10.0 Å². The van der Waals surface area contributed by atoms with E-state index in [2.05, 4.69) is 10.3 Å². The molecule has 0 aliphatic heterocycles. The van der Waals surface area contributed by atoms with Crippen molar-refractivity contribution >= 4 is 21.6 Å². The van der Waals surface area contributed by atoms with Gasteiger partial charge in [0.1, 0.15) is 16.3 Å². The van der Waals surface area contributed by atoms with E-state index in [1.807, 2.05) is 0 Å². The average molecular weight is 454 g/mol. The summed E-state index contributed by atoms with van der Waals surface area (Å²) >= 11 is 0. The minimum Gasteiger partial charge on any atom is -0.343 e. The molecule has 0 aliphatic rings. The predicted molar refractivity (Wildman–Crippen MR) is 97.7 cm³/mol. The summed E-state index contributed by atoms with van der Waals surface area (Å²) in [5.74, 6) is -6.02. The van der Waals surface area contributed by atoms with Gasteiger partial charge in [-0.2, -0.15) is 0 Å². The van der Waals surface area contributed by atoms with Gasteiger partial charge in [0, 0.05) is 31.5 Å². The maximum atomic E-state index is 14.8. The summed E-state index contributed by atoms with van der Waals surface area (Å²) in [5, 5.41) is 2.20. The van der Waals surface area contributed by atoms with Crippen molar-refractivity contribution in [2.75, 3.05) is 5.32 Å².